The fourth-order valence-electron chi connectivity index (χ4n) is 7.48. The minimum atomic E-state index is -0.250. The van der Waals surface area contributed by atoms with Crippen molar-refractivity contribution < 1.29 is 19.1 Å². The topological polar surface area (TPSA) is 60.4 Å². The fourth-order valence-corrected chi connectivity index (χ4v) is 7.48. The van der Waals surface area contributed by atoms with Gasteiger partial charge in [0.25, 0.3) is 0 Å². The smallest absolute Gasteiger partial charge is 0.302 e. The lowest BCUT2D eigenvalue weighted by Gasteiger charge is -2.59. The van der Waals surface area contributed by atoms with Crippen LogP contribution in [0.1, 0.15) is 72.1 Å². The monoisotopic (exact) mass is 360 g/mol. The molecule has 0 amide bonds. The van der Waals surface area contributed by atoms with Gasteiger partial charge in [-0.25, -0.2) is 0 Å². The zero-order chi connectivity index (χ0) is 18.7. The van der Waals surface area contributed by atoms with E-state index < -0.39 is 0 Å². The molecule has 4 fully saturated rings. The average Bonchev–Trinajstić information content (AvgIpc) is 2.84. The van der Waals surface area contributed by atoms with E-state index in [2.05, 4.69) is 13.8 Å². The lowest BCUT2D eigenvalue weighted by atomic mass is 9.44. The van der Waals surface area contributed by atoms with Crippen LogP contribution in [0.25, 0.3) is 0 Å². The van der Waals surface area contributed by atoms with Gasteiger partial charge >= 0.3 is 5.97 Å². The van der Waals surface area contributed by atoms with E-state index in [0.717, 1.165) is 44.9 Å². The molecule has 0 heterocycles. The summed E-state index contributed by atoms with van der Waals surface area (Å²) in [6, 6.07) is 0. The van der Waals surface area contributed by atoms with Crippen LogP contribution < -0.4 is 0 Å². The number of ketones is 2. The number of esters is 1. The first-order valence-corrected chi connectivity index (χ1v) is 10.4. The van der Waals surface area contributed by atoms with Crippen molar-refractivity contribution in [3.05, 3.63) is 0 Å². The highest BCUT2D eigenvalue weighted by atomic mass is 16.5. The van der Waals surface area contributed by atoms with Crippen molar-refractivity contribution in [2.75, 3.05) is 6.61 Å². The van der Waals surface area contributed by atoms with Gasteiger partial charge in [-0.1, -0.05) is 13.8 Å². The predicted octanol–water partition coefficient (Wildman–Crippen LogP) is 3.96. The summed E-state index contributed by atoms with van der Waals surface area (Å²) in [6.07, 6.45) is 7.40. The second-order valence-electron chi connectivity index (χ2n) is 9.97. The minimum absolute atomic E-state index is 0.176. The second-order valence-corrected chi connectivity index (χ2v) is 9.97. The Morgan fingerprint density at radius 3 is 2.62 bits per heavy atom. The molecule has 4 heteroatoms. The van der Waals surface area contributed by atoms with Gasteiger partial charge in [0, 0.05) is 37.5 Å². The SMILES string of the molecule is CC(=O)OCC1CC(=O)[C@@]2(C)CC[C@H]3[C@@H](CC[C@H]4CC(=O)CC[C@@]43C)[C@H]12. The fraction of sp³-hybridized carbons (Fsp3) is 0.864. The summed E-state index contributed by atoms with van der Waals surface area (Å²) in [5, 5.41) is 0. The zero-order valence-electron chi connectivity index (χ0n) is 16.4. The van der Waals surface area contributed by atoms with Crippen molar-refractivity contribution in [2.24, 2.45) is 40.4 Å². The van der Waals surface area contributed by atoms with E-state index in [1.807, 2.05) is 0 Å². The van der Waals surface area contributed by atoms with E-state index in [-0.39, 0.29) is 22.7 Å². The van der Waals surface area contributed by atoms with Crippen LogP contribution >= 0.6 is 0 Å². The molecule has 4 aliphatic carbocycles. The molecule has 1 unspecified atom stereocenters. The van der Waals surface area contributed by atoms with Gasteiger partial charge in [0.1, 0.15) is 11.6 Å². The Morgan fingerprint density at radius 2 is 1.88 bits per heavy atom. The summed E-state index contributed by atoms with van der Waals surface area (Å²) in [5.74, 6) is 2.75. The Kier molecular flexibility index (Phi) is 4.32. The van der Waals surface area contributed by atoms with Gasteiger partial charge in [0.05, 0.1) is 6.61 Å². The Labute approximate surface area is 156 Å². The predicted molar refractivity (Wildman–Crippen MR) is 97.2 cm³/mol. The highest BCUT2D eigenvalue weighted by Gasteiger charge is 2.62. The molecular weight excluding hydrogens is 328 g/mol. The number of rotatable bonds is 2. The molecule has 7 atom stereocenters. The number of ether oxygens (including phenoxy) is 1. The molecule has 0 spiro atoms. The van der Waals surface area contributed by atoms with E-state index in [4.69, 9.17) is 4.74 Å². The maximum Gasteiger partial charge on any atom is 0.302 e. The molecule has 0 saturated heterocycles. The maximum absolute atomic E-state index is 12.9. The van der Waals surface area contributed by atoms with Gasteiger partial charge in [-0.15, -0.1) is 0 Å². The zero-order valence-corrected chi connectivity index (χ0v) is 16.4. The van der Waals surface area contributed by atoms with Crippen LogP contribution in [-0.4, -0.2) is 24.1 Å². The first-order chi connectivity index (χ1) is 12.3. The van der Waals surface area contributed by atoms with E-state index in [1.165, 1.54) is 6.92 Å². The van der Waals surface area contributed by atoms with Crippen molar-refractivity contribution in [2.45, 2.75) is 72.1 Å². The van der Waals surface area contributed by atoms with E-state index in [9.17, 15) is 14.4 Å². The van der Waals surface area contributed by atoms with E-state index in [1.54, 1.807) is 0 Å². The molecule has 144 valence electrons. The van der Waals surface area contributed by atoms with Crippen LogP contribution in [-0.2, 0) is 19.1 Å². The van der Waals surface area contributed by atoms with Crippen LogP contribution in [0.4, 0.5) is 0 Å². The second kappa shape index (κ2) is 6.17. The van der Waals surface area contributed by atoms with Crippen LogP contribution in [0, 0.1) is 40.4 Å². The summed E-state index contributed by atoms with van der Waals surface area (Å²) < 4.78 is 5.36. The third kappa shape index (κ3) is 2.58. The van der Waals surface area contributed by atoms with Crippen LogP contribution in [0.2, 0.25) is 0 Å². The first kappa shape index (κ1) is 18.2. The number of carbonyl (C=O) groups excluding carboxylic acids is 3. The van der Waals surface area contributed by atoms with Gasteiger partial charge in [0.2, 0.25) is 0 Å². The molecule has 4 rings (SSSR count). The number of carbonyl (C=O) groups is 3. The largest absolute Gasteiger partial charge is 0.466 e. The molecule has 4 nitrogen and oxygen atoms in total. The molecule has 0 bridgehead atoms. The average molecular weight is 360 g/mol. The molecule has 0 radical (unpaired) electrons. The van der Waals surface area contributed by atoms with Crippen LogP contribution in [0.3, 0.4) is 0 Å². The van der Waals surface area contributed by atoms with Gasteiger partial charge < -0.3 is 4.74 Å². The Bertz CT molecular complexity index is 640. The normalized spacial score (nSPS) is 47.7. The summed E-state index contributed by atoms with van der Waals surface area (Å²) in [5.41, 5.74) is 0.00937. The number of fused-ring (bicyclic) bond motifs is 5. The number of Topliss-reactive ketones (excluding diaryl/α,β-unsaturated/α-hetero) is 2. The van der Waals surface area contributed by atoms with Crippen molar-refractivity contribution >= 4 is 17.5 Å². The molecule has 4 aliphatic rings. The molecule has 0 aromatic rings. The Balaban J connectivity index is 1.63. The third-order valence-electron chi connectivity index (χ3n) is 8.83. The van der Waals surface area contributed by atoms with Gasteiger partial charge in [-0.3, -0.25) is 14.4 Å². The molecular formula is C22H32O4. The maximum atomic E-state index is 12.9. The number of hydrogen-bond donors (Lipinski definition) is 0. The van der Waals surface area contributed by atoms with E-state index >= 15 is 0 Å². The lowest BCUT2D eigenvalue weighted by molar-refractivity contribution is -0.150. The molecule has 26 heavy (non-hydrogen) atoms. The summed E-state index contributed by atoms with van der Waals surface area (Å²) in [4.78, 5) is 36.2. The highest BCUT2D eigenvalue weighted by molar-refractivity contribution is 5.87. The molecule has 0 aromatic carbocycles. The third-order valence-corrected chi connectivity index (χ3v) is 8.83. The Morgan fingerprint density at radius 1 is 1.12 bits per heavy atom. The van der Waals surface area contributed by atoms with Crippen LogP contribution in [0.15, 0.2) is 0 Å². The van der Waals surface area contributed by atoms with Crippen molar-refractivity contribution in [1.82, 2.24) is 0 Å². The van der Waals surface area contributed by atoms with Crippen molar-refractivity contribution in [3.8, 4) is 0 Å². The number of hydrogen-bond acceptors (Lipinski definition) is 4. The molecule has 4 saturated carbocycles. The van der Waals surface area contributed by atoms with Gasteiger partial charge in [-0.2, -0.15) is 0 Å². The first-order valence-electron chi connectivity index (χ1n) is 10.4. The van der Waals surface area contributed by atoms with Gasteiger partial charge in [-0.05, 0) is 61.2 Å². The van der Waals surface area contributed by atoms with Gasteiger partial charge in [0.15, 0.2) is 0 Å². The summed E-state index contributed by atoms with van der Waals surface area (Å²) in [6.45, 7) is 6.43. The standard InChI is InChI=1S/C22H32O4/c1-13(23)26-12-14-10-19(25)22(3)9-7-18-17(20(14)22)5-4-15-11-16(24)6-8-21(15,18)2/h14-15,17-18,20H,4-12H2,1-3H3/t14?,15-,17+,18-,20-,21-,22+/m0/s1. The highest BCUT2D eigenvalue weighted by Crippen LogP contribution is 2.66. The minimum Gasteiger partial charge on any atom is -0.466 e. The van der Waals surface area contributed by atoms with Crippen LogP contribution in [0.5, 0.6) is 0 Å². The Hall–Kier alpha value is -1.19. The quantitative estimate of drug-likeness (QED) is 0.700. The molecule has 0 aromatic heterocycles. The van der Waals surface area contributed by atoms with Crippen molar-refractivity contribution in [3.63, 3.8) is 0 Å². The summed E-state index contributed by atoms with van der Waals surface area (Å²) >= 11 is 0. The summed E-state index contributed by atoms with van der Waals surface area (Å²) in [7, 11) is 0. The molecule has 0 aliphatic heterocycles. The lowest BCUT2D eigenvalue weighted by Crippen LogP contribution is -2.54. The molecule has 0 N–H and O–H groups in total. The van der Waals surface area contributed by atoms with Crippen molar-refractivity contribution in [1.29, 1.82) is 0 Å². The van der Waals surface area contributed by atoms with E-state index in [0.29, 0.717) is 48.3 Å².